The summed E-state index contributed by atoms with van der Waals surface area (Å²) in [6.07, 6.45) is 2.04. The summed E-state index contributed by atoms with van der Waals surface area (Å²) >= 11 is 0. The zero-order valence-electron chi connectivity index (χ0n) is 16.3. The number of pyridine rings is 1. The lowest BCUT2D eigenvalue weighted by Gasteiger charge is -2.43. The summed E-state index contributed by atoms with van der Waals surface area (Å²) in [6, 6.07) is 10.9. The first-order valence-electron chi connectivity index (χ1n) is 9.84. The van der Waals surface area contributed by atoms with Crippen molar-refractivity contribution in [3.63, 3.8) is 0 Å². The molecular formula is C21H25N3O5. The smallest absolute Gasteiger partial charge is 0.315 e. The van der Waals surface area contributed by atoms with Crippen molar-refractivity contribution >= 4 is 11.6 Å². The van der Waals surface area contributed by atoms with Crippen molar-refractivity contribution < 1.29 is 20.0 Å². The molecule has 1 aromatic carbocycles. The molecule has 0 aliphatic carbocycles. The van der Waals surface area contributed by atoms with Crippen LogP contribution in [0.4, 0.5) is 5.69 Å². The van der Waals surface area contributed by atoms with E-state index in [0.717, 1.165) is 23.4 Å². The summed E-state index contributed by atoms with van der Waals surface area (Å²) in [4.78, 5) is 27.2. The molecule has 8 heteroatoms. The summed E-state index contributed by atoms with van der Waals surface area (Å²) in [5, 5.41) is 19.2. The van der Waals surface area contributed by atoms with E-state index < -0.39 is 10.8 Å². The molecule has 29 heavy (non-hydrogen) atoms. The fourth-order valence-corrected chi connectivity index (χ4v) is 4.51. The van der Waals surface area contributed by atoms with Gasteiger partial charge in [0.25, 0.3) is 0 Å². The van der Waals surface area contributed by atoms with E-state index in [1.54, 1.807) is 17.7 Å². The Hall–Kier alpha value is -2.68. The van der Waals surface area contributed by atoms with Gasteiger partial charge >= 0.3 is 5.56 Å². The number of rotatable bonds is 5. The van der Waals surface area contributed by atoms with E-state index >= 15 is 0 Å². The van der Waals surface area contributed by atoms with Gasteiger partial charge < -0.3 is 19.4 Å². The lowest BCUT2D eigenvalue weighted by Crippen LogP contribution is -3.00. The van der Waals surface area contributed by atoms with Gasteiger partial charge in [0, 0.05) is 43.7 Å². The van der Waals surface area contributed by atoms with E-state index in [2.05, 4.69) is 0 Å². The zero-order chi connectivity index (χ0) is 20.5. The second kappa shape index (κ2) is 7.98. The topological polar surface area (TPSA) is 99.3 Å². The fourth-order valence-electron chi connectivity index (χ4n) is 4.51. The fraction of sp³-hybridized carbons (Fsp3) is 0.429. The standard InChI is InChI=1S/C21H25N3O5/c1-29-17-5-2-14(3-6-17)4-9-20(25)22-11-15-10-16(13-22)18-7-8-19(24(27)28)21(26)23(18)12-15/h2-3,5-8,15-16,24,27H,4,9-13H2,1H3. The summed E-state index contributed by atoms with van der Waals surface area (Å²) < 4.78 is 6.76. The van der Waals surface area contributed by atoms with Gasteiger partial charge in [-0.2, -0.15) is 5.23 Å². The second-order valence-corrected chi connectivity index (χ2v) is 7.84. The monoisotopic (exact) mass is 399 g/mol. The summed E-state index contributed by atoms with van der Waals surface area (Å²) in [7, 11) is 1.63. The Morgan fingerprint density at radius 3 is 2.66 bits per heavy atom. The van der Waals surface area contributed by atoms with Gasteiger partial charge in [-0.3, -0.25) is 9.59 Å². The molecule has 4 rings (SSSR count). The molecule has 2 N–H and O–H groups in total. The van der Waals surface area contributed by atoms with Crippen molar-refractivity contribution in [3.05, 3.63) is 63.2 Å². The zero-order valence-corrected chi connectivity index (χ0v) is 16.3. The van der Waals surface area contributed by atoms with Gasteiger partial charge in [0.15, 0.2) is 0 Å². The Balaban J connectivity index is 1.44. The Kier molecular flexibility index (Phi) is 5.40. The lowest BCUT2D eigenvalue weighted by atomic mass is 9.83. The van der Waals surface area contributed by atoms with Crippen LogP contribution >= 0.6 is 0 Å². The molecule has 0 saturated carbocycles. The van der Waals surface area contributed by atoms with Gasteiger partial charge in [-0.15, -0.1) is 0 Å². The number of ether oxygens (including phenoxy) is 1. The molecule has 3 unspecified atom stereocenters. The summed E-state index contributed by atoms with van der Waals surface area (Å²) in [6.45, 7) is 1.65. The molecule has 2 aliphatic heterocycles. The Morgan fingerprint density at radius 2 is 1.97 bits per heavy atom. The third kappa shape index (κ3) is 3.91. The van der Waals surface area contributed by atoms with Crippen LogP contribution in [0.1, 0.15) is 30.0 Å². The van der Waals surface area contributed by atoms with Crippen LogP contribution in [0.2, 0.25) is 0 Å². The number of likely N-dealkylation sites (tertiary alicyclic amines) is 1. The van der Waals surface area contributed by atoms with E-state index in [-0.39, 0.29) is 23.4 Å². The van der Waals surface area contributed by atoms with Crippen LogP contribution in [0.5, 0.6) is 5.75 Å². The number of hydrogen-bond acceptors (Lipinski definition) is 5. The van der Waals surface area contributed by atoms with Crippen LogP contribution in [0.3, 0.4) is 0 Å². The number of aromatic nitrogens is 1. The van der Waals surface area contributed by atoms with E-state index in [1.807, 2.05) is 29.2 Å². The number of benzene rings is 1. The number of hydrogen-bond donors (Lipinski definition) is 2. The highest BCUT2D eigenvalue weighted by Crippen LogP contribution is 2.35. The van der Waals surface area contributed by atoms with Crippen molar-refractivity contribution in [2.75, 3.05) is 20.2 Å². The van der Waals surface area contributed by atoms with E-state index in [9.17, 15) is 20.0 Å². The molecule has 2 aliphatic rings. The molecule has 1 fully saturated rings. The summed E-state index contributed by atoms with van der Waals surface area (Å²) in [5.41, 5.74) is 1.29. The Labute approximate surface area is 168 Å². The van der Waals surface area contributed by atoms with E-state index in [4.69, 9.17) is 4.74 Å². The van der Waals surface area contributed by atoms with Crippen LogP contribution in [0, 0.1) is 11.1 Å². The molecule has 3 atom stereocenters. The first-order chi connectivity index (χ1) is 14.0. The van der Waals surface area contributed by atoms with Crippen molar-refractivity contribution in [2.45, 2.75) is 31.7 Å². The van der Waals surface area contributed by atoms with Crippen LogP contribution in [0.15, 0.2) is 41.2 Å². The van der Waals surface area contributed by atoms with Gasteiger partial charge in [0.05, 0.1) is 7.11 Å². The van der Waals surface area contributed by atoms with E-state index in [0.29, 0.717) is 32.5 Å². The largest absolute Gasteiger partial charge is 0.595 e. The molecule has 1 amide bonds. The van der Waals surface area contributed by atoms with Crippen LogP contribution in [-0.2, 0) is 17.8 Å². The van der Waals surface area contributed by atoms with Crippen LogP contribution in [0.25, 0.3) is 0 Å². The van der Waals surface area contributed by atoms with Crippen molar-refractivity contribution in [1.29, 1.82) is 0 Å². The minimum atomic E-state index is -1.20. The predicted molar refractivity (Wildman–Crippen MR) is 105 cm³/mol. The molecule has 2 bridgehead atoms. The minimum Gasteiger partial charge on any atom is -0.595 e. The highest BCUT2D eigenvalue weighted by Gasteiger charge is 2.36. The maximum Gasteiger partial charge on any atom is 0.315 e. The third-order valence-corrected chi connectivity index (χ3v) is 5.97. The van der Waals surface area contributed by atoms with Crippen molar-refractivity contribution in [1.82, 2.24) is 9.47 Å². The number of aryl methyl sites for hydroxylation is 1. The van der Waals surface area contributed by atoms with Crippen LogP contribution in [-0.4, -0.2) is 40.8 Å². The van der Waals surface area contributed by atoms with Gasteiger partial charge in [0.1, 0.15) is 5.75 Å². The first-order valence-corrected chi connectivity index (χ1v) is 9.84. The third-order valence-electron chi connectivity index (χ3n) is 5.97. The van der Waals surface area contributed by atoms with Gasteiger partial charge in [-0.1, -0.05) is 12.1 Å². The average molecular weight is 399 g/mol. The molecule has 0 spiro atoms. The van der Waals surface area contributed by atoms with Gasteiger partial charge in [-0.05, 0) is 42.5 Å². The maximum atomic E-state index is 12.8. The minimum absolute atomic E-state index is 0.0722. The predicted octanol–water partition coefficient (Wildman–Crippen LogP) is 0.839. The molecule has 8 nitrogen and oxygen atoms in total. The molecule has 1 saturated heterocycles. The first kappa shape index (κ1) is 19.6. The summed E-state index contributed by atoms with van der Waals surface area (Å²) in [5.74, 6) is 1.16. The van der Waals surface area contributed by atoms with E-state index in [1.165, 1.54) is 6.07 Å². The Bertz CT molecular complexity index is 954. The van der Waals surface area contributed by atoms with Gasteiger partial charge in [0.2, 0.25) is 11.6 Å². The molecule has 3 heterocycles. The average Bonchev–Trinajstić information content (AvgIpc) is 2.72. The number of piperidine rings is 1. The van der Waals surface area contributed by atoms with Crippen molar-refractivity contribution in [2.24, 2.45) is 5.92 Å². The number of amides is 1. The molecular weight excluding hydrogens is 374 g/mol. The molecule has 0 radical (unpaired) electrons. The SMILES string of the molecule is COc1ccc(CCC(=O)N2CC3CC(C2)c2ccc([NH+]([O-])O)c(=O)n2C3)cc1. The number of nitrogens with zero attached hydrogens (tertiary/aromatic N) is 2. The highest BCUT2D eigenvalue weighted by atomic mass is 16.8. The van der Waals surface area contributed by atoms with Crippen molar-refractivity contribution in [3.8, 4) is 5.75 Å². The number of carbonyl (C=O) groups is 1. The maximum absolute atomic E-state index is 12.8. The number of nitrogens with one attached hydrogen (secondary N) is 1. The number of quaternary nitrogens is 1. The Morgan fingerprint density at radius 1 is 1.21 bits per heavy atom. The lowest BCUT2D eigenvalue weighted by molar-refractivity contribution is -0.992. The normalized spacial score (nSPS) is 21.4. The molecule has 2 aromatic rings. The van der Waals surface area contributed by atoms with Crippen LogP contribution < -0.4 is 15.5 Å². The molecule has 154 valence electrons. The second-order valence-electron chi connectivity index (χ2n) is 7.84. The number of fused-ring (bicyclic) bond motifs is 4. The highest BCUT2D eigenvalue weighted by molar-refractivity contribution is 5.76. The van der Waals surface area contributed by atoms with Gasteiger partial charge in [-0.25, -0.2) is 5.21 Å². The quantitative estimate of drug-likeness (QED) is 0.726. The number of methoxy groups -OCH3 is 1. The molecule has 1 aromatic heterocycles. The number of carbonyl (C=O) groups excluding carboxylic acids is 1.